The lowest BCUT2D eigenvalue weighted by atomic mass is 10.6. The van der Waals surface area contributed by atoms with E-state index >= 15 is 0 Å². The van der Waals surface area contributed by atoms with Gasteiger partial charge in [-0.25, -0.2) is 0 Å². The first-order chi connectivity index (χ1) is 5.31. The molecule has 0 aliphatic carbocycles. The second-order valence-corrected chi connectivity index (χ2v) is 2.73. The summed E-state index contributed by atoms with van der Waals surface area (Å²) in [6.07, 6.45) is 1.11. The van der Waals surface area contributed by atoms with Gasteiger partial charge in [0.1, 0.15) is 0 Å². The van der Waals surface area contributed by atoms with E-state index in [1.165, 1.54) is 7.11 Å². The largest absolute Gasteiger partial charge is 0.468 e. The second kappa shape index (κ2) is 17.1. The number of ether oxygens (including phenoxy) is 1. The third kappa shape index (κ3) is 16.4. The summed E-state index contributed by atoms with van der Waals surface area (Å²) in [5.74, 6) is 1.40. The molecule has 0 saturated carbocycles. The fourth-order valence-corrected chi connectivity index (χ4v) is 1.08. The van der Waals surface area contributed by atoms with Crippen LogP contribution in [0.4, 0.5) is 0 Å². The molecule has 12 heavy (non-hydrogen) atoms. The highest BCUT2D eigenvalue weighted by molar-refractivity contribution is 7.99. The molecule has 0 aliphatic rings. The lowest BCUT2D eigenvalue weighted by Gasteiger charge is -1.95. The molecule has 0 aromatic heterocycles. The molecule has 0 N–H and O–H groups in total. The Balaban J connectivity index is -0.000000249. The van der Waals surface area contributed by atoms with Crippen LogP contribution in [0, 0.1) is 0 Å². The standard InChI is InChI=1S/C6H12O2S.C2H6.CH4/c1-3-4-9-5-6(7)8-2;1-2;/h3-5H2,1-2H3;1-2H3;1H4. The molecule has 3 heteroatoms. The molecule has 0 amide bonds. The third-order valence-corrected chi connectivity index (χ3v) is 1.93. The van der Waals surface area contributed by atoms with Gasteiger partial charge >= 0.3 is 5.97 Å². The molecule has 0 aliphatic heterocycles. The van der Waals surface area contributed by atoms with Crippen molar-refractivity contribution in [3.63, 3.8) is 0 Å². The number of hydrogen-bond donors (Lipinski definition) is 0. The van der Waals surface area contributed by atoms with Crippen LogP contribution in [0.5, 0.6) is 0 Å². The van der Waals surface area contributed by atoms with Crippen LogP contribution in [-0.4, -0.2) is 24.6 Å². The van der Waals surface area contributed by atoms with Crippen LogP contribution in [0.2, 0.25) is 0 Å². The van der Waals surface area contributed by atoms with Crippen molar-refractivity contribution in [3.8, 4) is 0 Å². The average molecular weight is 194 g/mol. The van der Waals surface area contributed by atoms with Crippen molar-refractivity contribution in [3.05, 3.63) is 0 Å². The number of methoxy groups -OCH3 is 1. The highest BCUT2D eigenvalue weighted by Gasteiger charge is 1.96. The summed E-state index contributed by atoms with van der Waals surface area (Å²) in [6.45, 7) is 6.09. The Labute approximate surface area is 81.1 Å². The van der Waals surface area contributed by atoms with Gasteiger partial charge in [-0.2, -0.15) is 11.8 Å². The summed E-state index contributed by atoms with van der Waals surface area (Å²) in [6, 6.07) is 0. The number of thioether (sulfide) groups is 1. The van der Waals surface area contributed by atoms with Crippen molar-refractivity contribution in [2.45, 2.75) is 34.6 Å². The van der Waals surface area contributed by atoms with E-state index in [0.717, 1.165) is 12.2 Å². The van der Waals surface area contributed by atoms with E-state index in [9.17, 15) is 4.79 Å². The lowest BCUT2D eigenvalue weighted by Crippen LogP contribution is -2.03. The van der Waals surface area contributed by atoms with Crippen molar-refractivity contribution in [2.24, 2.45) is 0 Å². The molecule has 0 atom stereocenters. The molecule has 0 bridgehead atoms. The monoisotopic (exact) mass is 194 g/mol. The van der Waals surface area contributed by atoms with Crippen molar-refractivity contribution in [2.75, 3.05) is 18.6 Å². The van der Waals surface area contributed by atoms with E-state index < -0.39 is 0 Å². The average Bonchev–Trinajstić information content (AvgIpc) is 2.08. The molecular weight excluding hydrogens is 172 g/mol. The summed E-state index contributed by atoms with van der Waals surface area (Å²) in [4.78, 5) is 10.4. The predicted octanol–water partition coefficient (Wildman–Crippen LogP) is 2.96. The van der Waals surface area contributed by atoms with Gasteiger partial charge in [0.25, 0.3) is 0 Å². The van der Waals surface area contributed by atoms with Crippen molar-refractivity contribution in [1.82, 2.24) is 0 Å². The summed E-state index contributed by atoms with van der Waals surface area (Å²) in [5, 5.41) is 0. The van der Waals surface area contributed by atoms with Gasteiger partial charge in [-0.1, -0.05) is 28.2 Å². The van der Waals surface area contributed by atoms with Gasteiger partial charge < -0.3 is 4.74 Å². The first-order valence-electron chi connectivity index (χ1n) is 3.95. The van der Waals surface area contributed by atoms with Crippen LogP contribution in [-0.2, 0) is 9.53 Å². The van der Waals surface area contributed by atoms with Gasteiger partial charge in [0.15, 0.2) is 0 Å². The predicted molar refractivity (Wildman–Crippen MR) is 57.7 cm³/mol. The Kier molecular flexibility index (Phi) is 25.3. The highest BCUT2D eigenvalue weighted by Crippen LogP contribution is 2.01. The molecule has 0 saturated heterocycles. The Morgan fingerprint density at radius 3 is 2.25 bits per heavy atom. The van der Waals surface area contributed by atoms with Crippen LogP contribution >= 0.6 is 11.8 Å². The number of esters is 1. The fraction of sp³-hybridized carbons (Fsp3) is 0.889. The van der Waals surface area contributed by atoms with Gasteiger partial charge in [0.2, 0.25) is 0 Å². The molecule has 2 nitrogen and oxygen atoms in total. The Hall–Kier alpha value is -0.180. The minimum absolute atomic E-state index is 0. The summed E-state index contributed by atoms with van der Waals surface area (Å²) < 4.78 is 4.44. The van der Waals surface area contributed by atoms with E-state index in [-0.39, 0.29) is 13.4 Å². The van der Waals surface area contributed by atoms with Crippen molar-refractivity contribution < 1.29 is 9.53 Å². The normalized spacial score (nSPS) is 7.33. The van der Waals surface area contributed by atoms with Gasteiger partial charge in [0, 0.05) is 0 Å². The number of rotatable bonds is 4. The zero-order chi connectivity index (χ0) is 9.11. The van der Waals surface area contributed by atoms with E-state index in [2.05, 4.69) is 11.7 Å². The van der Waals surface area contributed by atoms with Gasteiger partial charge in [0.05, 0.1) is 12.9 Å². The maximum absolute atomic E-state index is 10.4. The molecule has 0 spiro atoms. The number of hydrogen-bond acceptors (Lipinski definition) is 3. The Morgan fingerprint density at radius 1 is 1.42 bits per heavy atom. The minimum atomic E-state index is -0.131. The summed E-state index contributed by atoms with van der Waals surface area (Å²) >= 11 is 1.61. The van der Waals surface area contributed by atoms with Crippen molar-refractivity contribution >= 4 is 17.7 Å². The molecule has 0 unspecified atom stereocenters. The second-order valence-electron chi connectivity index (χ2n) is 1.63. The lowest BCUT2D eigenvalue weighted by molar-refractivity contribution is -0.137. The summed E-state index contributed by atoms with van der Waals surface area (Å²) in [5.41, 5.74) is 0. The molecular formula is C9H22O2S. The molecule has 0 fully saturated rings. The molecule has 0 aromatic rings. The zero-order valence-electron chi connectivity index (χ0n) is 7.85. The Morgan fingerprint density at radius 2 is 1.92 bits per heavy atom. The van der Waals surface area contributed by atoms with Crippen LogP contribution in [0.25, 0.3) is 0 Å². The maximum atomic E-state index is 10.4. The van der Waals surface area contributed by atoms with Gasteiger partial charge in [-0.05, 0) is 12.2 Å². The quantitative estimate of drug-likeness (QED) is 0.508. The summed E-state index contributed by atoms with van der Waals surface area (Å²) in [7, 11) is 1.41. The fourth-order valence-electron chi connectivity index (χ4n) is 0.359. The molecule has 0 aromatic carbocycles. The first-order valence-corrected chi connectivity index (χ1v) is 5.11. The molecule has 0 radical (unpaired) electrons. The van der Waals surface area contributed by atoms with Crippen LogP contribution in [0.15, 0.2) is 0 Å². The number of carbonyl (C=O) groups is 1. The SMILES string of the molecule is C.CC.CCCSCC(=O)OC. The topological polar surface area (TPSA) is 26.3 Å². The maximum Gasteiger partial charge on any atom is 0.315 e. The van der Waals surface area contributed by atoms with Crippen LogP contribution < -0.4 is 0 Å². The molecule has 0 rings (SSSR count). The minimum Gasteiger partial charge on any atom is -0.468 e. The first kappa shape index (κ1) is 17.8. The van der Waals surface area contributed by atoms with E-state index in [1.54, 1.807) is 11.8 Å². The zero-order valence-corrected chi connectivity index (χ0v) is 8.66. The van der Waals surface area contributed by atoms with Gasteiger partial charge in [-0.3, -0.25) is 4.79 Å². The smallest absolute Gasteiger partial charge is 0.315 e. The van der Waals surface area contributed by atoms with E-state index in [4.69, 9.17) is 0 Å². The van der Waals surface area contributed by atoms with Gasteiger partial charge in [-0.15, -0.1) is 0 Å². The highest BCUT2D eigenvalue weighted by atomic mass is 32.2. The van der Waals surface area contributed by atoms with E-state index in [0.29, 0.717) is 5.75 Å². The van der Waals surface area contributed by atoms with Crippen LogP contribution in [0.1, 0.15) is 34.6 Å². The van der Waals surface area contributed by atoms with Crippen LogP contribution in [0.3, 0.4) is 0 Å². The number of carbonyl (C=O) groups excluding carboxylic acids is 1. The third-order valence-electron chi connectivity index (χ3n) is 0.796. The van der Waals surface area contributed by atoms with Crippen molar-refractivity contribution in [1.29, 1.82) is 0 Å². The Bertz CT molecular complexity index is 84.6. The van der Waals surface area contributed by atoms with E-state index in [1.807, 2.05) is 13.8 Å². The molecule has 0 heterocycles. The molecule has 76 valence electrons.